The van der Waals surface area contributed by atoms with Gasteiger partial charge in [-0.1, -0.05) is 28.9 Å². The molecule has 2 nitrogen and oxygen atoms in total. The van der Waals surface area contributed by atoms with Gasteiger partial charge in [0.1, 0.15) is 6.61 Å². The molecule has 1 aromatic carbocycles. The number of rotatable bonds is 4. The van der Waals surface area contributed by atoms with Gasteiger partial charge in [-0.15, -0.1) is 0 Å². The zero-order chi connectivity index (χ0) is 12.0. The third-order valence-electron chi connectivity index (χ3n) is 2.39. The minimum absolute atomic E-state index is 0.395. The Morgan fingerprint density at radius 3 is 2.75 bits per heavy atom. The summed E-state index contributed by atoms with van der Waals surface area (Å²) in [6.45, 7) is 6.50. The van der Waals surface area contributed by atoms with Crippen LogP contribution in [0.4, 0.5) is 0 Å². The Morgan fingerprint density at radius 2 is 2.12 bits per heavy atom. The van der Waals surface area contributed by atoms with Crippen molar-refractivity contribution < 1.29 is 4.84 Å². The van der Waals surface area contributed by atoms with E-state index >= 15 is 0 Å². The number of oxime groups is 1. The van der Waals surface area contributed by atoms with Crippen LogP contribution in [0.5, 0.6) is 0 Å². The molecule has 0 aliphatic heterocycles. The molecule has 1 rings (SSSR count). The molecular weight excluding hydrogens is 222 g/mol. The van der Waals surface area contributed by atoms with E-state index in [1.54, 1.807) is 6.08 Å². The monoisotopic (exact) mass is 237 g/mol. The van der Waals surface area contributed by atoms with E-state index in [0.717, 1.165) is 11.3 Å². The Balaban J connectivity index is 2.72. The molecule has 0 bridgehead atoms. The molecule has 0 unspecified atom stereocenters. The molecule has 0 heterocycles. The van der Waals surface area contributed by atoms with Crippen LogP contribution in [-0.4, -0.2) is 12.3 Å². The fourth-order valence-electron chi connectivity index (χ4n) is 1.23. The molecule has 0 spiro atoms. The summed E-state index contributed by atoms with van der Waals surface area (Å²) in [7, 11) is 0. The van der Waals surface area contributed by atoms with Crippen molar-refractivity contribution in [3.05, 3.63) is 46.5 Å². The predicted octanol–water partition coefficient (Wildman–Crippen LogP) is 3.80. The Bertz CT molecular complexity index is 410. The van der Waals surface area contributed by atoms with E-state index in [-0.39, 0.29) is 0 Å². The Kier molecular flexibility index (Phi) is 5.06. The van der Waals surface area contributed by atoms with Crippen molar-refractivity contribution in [2.45, 2.75) is 20.8 Å². The first kappa shape index (κ1) is 12.8. The van der Waals surface area contributed by atoms with E-state index in [1.165, 1.54) is 16.7 Å². The largest absolute Gasteiger partial charge is 0.391 e. The first-order chi connectivity index (χ1) is 7.65. The SMILES string of the molecule is C/C(=N\OC/C=C\Cl)c1ccc(C)c(C)c1. The van der Waals surface area contributed by atoms with E-state index in [4.69, 9.17) is 16.4 Å². The highest BCUT2D eigenvalue weighted by Crippen LogP contribution is 2.10. The molecule has 0 aromatic heterocycles. The minimum Gasteiger partial charge on any atom is -0.391 e. The maximum Gasteiger partial charge on any atom is 0.136 e. The van der Waals surface area contributed by atoms with Crippen LogP contribution in [0.15, 0.2) is 35.0 Å². The Hall–Kier alpha value is -1.28. The van der Waals surface area contributed by atoms with Crippen LogP contribution >= 0.6 is 11.6 Å². The quantitative estimate of drug-likeness (QED) is 0.444. The van der Waals surface area contributed by atoms with E-state index in [1.807, 2.05) is 13.0 Å². The van der Waals surface area contributed by atoms with Crippen molar-refractivity contribution >= 4 is 17.3 Å². The number of halogens is 1. The molecule has 0 atom stereocenters. The lowest BCUT2D eigenvalue weighted by molar-refractivity contribution is 0.175. The molecule has 16 heavy (non-hydrogen) atoms. The fourth-order valence-corrected chi connectivity index (χ4v) is 1.31. The van der Waals surface area contributed by atoms with Crippen LogP contribution in [-0.2, 0) is 4.84 Å². The summed E-state index contributed by atoms with van der Waals surface area (Å²) < 4.78 is 0. The maximum absolute atomic E-state index is 5.36. The average Bonchev–Trinajstić information content (AvgIpc) is 2.28. The van der Waals surface area contributed by atoms with Gasteiger partial charge in [-0.3, -0.25) is 0 Å². The molecule has 0 radical (unpaired) electrons. The summed E-state index contributed by atoms with van der Waals surface area (Å²) in [5.41, 5.74) is 5.90. The molecule has 0 saturated heterocycles. The maximum atomic E-state index is 5.36. The summed E-state index contributed by atoms with van der Waals surface area (Å²) in [5, 5.41) is 4.01. The van der Waals surface area contributed by atoms with Gasteiger partial charge in [0.25, 0.3) is 0 Å². The van der Waals surface area contributed by atoms with Gasteiger partial charge >= 0.3 is 0 Å². The highest BCUT2D eigenvalue weighted by Gasteiger charge is 1.99. The number of nitrogens with zero attached hydrogens (tertiary/aromatic N) is 1. The summed E-state index contributed by atoms with van der Waals surface area (Å²) in [5.74, 6) is 0. The molecule has 0 aliphatic rings. The molecular formula is C13H16ClNO. The van der Waals surface area contributed by atoms with E-state index < -0.39 is 0 Å². The molecule has 86 valence electrons. The summed E-state index contributed by atoms with van der Waals surface area (Å²) in [6.07, 6.45) is 1.69. The van der Waals surface area contributed by atoms with E-state index in [9.17, 15) is 0 Å². The number of hydrogen-bond donors (Lipinski definition) is 0. The zero-order valence-electron chi connectivity index (χ0n) is 9.83. The molecule has 0 fully saturated rings. The van der Waals surface area contributed by atoms with E-state index in [0.29, 0.717) is 6.61 Å². The van der Waals surface area contributed by atoms with Crippen molar-refractivity contribution in [3.63, 3.8) is 0 Å². The van der Waals surface area contributed by atoms with Crippen LogP contribution < -0.4 is 0 Å². The number of benzene rings is 1. The first-order valence-corrected chi connectivity index (χ1v) is 5.58. The highest BCUT2D eigenvalue weighted by atomic mass is 35.5. The van der Waals surface area contributed by atoms with Crippen molar-refractivity contribution in [1.29, 1.82) is 0 Å². The van der Waals surface area contributed by atoms with Crippen LogP contribution in [0.3, 0.4) is 0 Å². The smallest absolute Gasteiger partial charge is 0.136 e. The van der Waals surface area contributed by atoms with Crippen LogP contribution in [0.2, 0.25) is 0 Å². The molecule has 0 saturated carbocycles. The number of hydrogen-bond acceptors (Lipinski definition) is 2. The van der Waals surface area contributed by atoms with Gasteiger partial charge in [0, 0.05) is 5.54 Å². The standard InChI is InChI=1S/C13H16ClNO/c1-10-5-6-13(9-11(10)2)12(3)15-16-8-4-7-14/h4-7,9H,8H2,1-3H3/b7-4-,15-12+. The third-order valence-corrected chi connectivity index (χ3v) is 2.56. The van der Waals surface area contributed by atoms with Crippen molar-refractivity contribution in [2.75, 3.05) is 6.61 Å². The highest BCUT2D eigenvalue weighted by molar-refractivity contribution is 6.25. The van der Waals surface area contributed by atoms with Crippen molar-refractivity contribution in [2.24, 2.45) is 5.16 Å². The van der Waals surface area contributed by atoms with Crippen LogP contribution in [0.25, 0.3) is 0 Å². The normalized spacial score (nSPS) is 12.1. The second-order valence-corrected chi connectivity index (χ2v) is 3.89. The van der Waals surface area contributed by atoms with Crippen molar-refractivity contribution in [3.8, 4) is 0 Å². The second-order valence-electron chi connectivity index (χ2n) is 3.63. The lowest BCUT2D eigenvalue weighted by Crippen LogP contribution is -1.97. The second kappa shape index (κ2) is 6.33. The minimum atomic E-state index is 0.395. The molecule has 0 amide bonds. The topological polar surface area (TPSA) is 21.6 Å². The fraction of sp³-hybridized carbons (Fsp3) is 0.308. The van der Waals surface area contributed by atoms with E-state index in [2.05, 4.69) is 31.1 Å². The average molecular weight is 238 g/mol. The first-order valence-electron chi connectivity index (χ1n) is 5.14. The third kappa shape index (κ3) is 3.70. The van der Waals surface area contributed by atoms with Crippen molar-refractivity contribution in [1.82, 2.24) is 0 Å². The molecule has 1 aromatic rings. The molecule has 0 aliphatic carbocycles. The zero-order valence-corrected chi connectivity index (χ0v) is 10.6. The van der Waals surface area contributed by atoms with Gasteiger partial charge in [-0.2, -0.15) is 0 Å². The Morgan fingerprint density at radius 1 is 1.38 bits per heavy atom. The lowest BCUT2D eigenvalue weighted by atomic mass is 10.0. The van der Waals surface area contributed by atoms with Gasteiger partial charge in [0.05, 0.1) is 5.71 Å². The molecule has 0 N–H and O–H groups in total. The van der Waals surface area contributed by atoms with Gasteiger partial charge in [0.2, 0.25) is 0 Å². The summed E-state index contributed by atoms with van der Waals surface area (Å²) in [6, 6.07) is 6.24. The molecule has 3 heteroatoms. The summed E-state index contributed by atoms with van der Waals surface area (Å²) >= 11 is 5.36. The predicted molar refractivity (Wildman–Crippen MR) is 69.1 cm³/mol. The lowest BCUT2D eigenvalue weighted by Gasteiger charge is -2.04. The Labute approximate surface area is 102 Å². The van der Waals surface area contributed by atoms with Gasteiger partial charge in [-0.05, 0) is 49.6 Å². The number of aryl methyl sites for hydroxylation is 2. The van der Waals surface area contributed by atoms with Crippen LogP contribution in [0, 0.1) is 13.8 Å². The summed E-state index contributed by atoms with van der Waals surface area (Å²) in [4.78, 5) is 5.08. The van der Waals surface area contributed by atoms with Gasteiger partial charge in [-0.25, -0.2) is 0 Å². The van der Waals surface area contributed by atoms with Crippen LogP contribution in [0.1, 0.15) is 23.6 Å². The van der Waals surface area contributed by atoms with Gasteiger partial charge < -0.3 is 4.84 Å². The van der Waals surface area contributed by atoms with Gasteiger partial charge in [0.15, 0.2) is 0 Å².